The maximum Gasteiger partial charge on any atom is 0.243 e. The highest BCUT2D eigenvalue weighted by Crippen LogP contribution is 2.36. The number of carbonyl (C=O) groups is 1. The van der Waals surface area contributed by atoms with Gasteiger partial charge in [-0.3, -0.25) is 9.59 Å². The van der Waals surface area contributed by atoms with Crippen molar-refractivity contribution < 1.29 is 19.4 Å². The fraction of sp³-hybridized carbons (Fsp3) is 0.0588. The number of phenols is 2. The molecular weight excluding hydrogens is 312 g/mol. The Morgan fingerprint density at radius 3 is 2.67 bits per heavy atom. The first-order valence-electron chi connectivity index (χ1n) is 7.20. The Bertz CT molecular complexity index is 1050. The summed E-state index contributed by atoms with van der Waals surface area (Å²) in [5.74, 6) is -0.803. The van der Waals surface area contributed by atoms with E-state index >= 15 is 0 Å². The van der Waals surface area contributed by atoms with Gasteiger partial charge in [-0.1, -0.05) is 0 Å². The third-order valence-corrected chi connectivity index (χ3v) is 3.87. The van der Waals surface area contributed by atoms with Crippen LogP contribution in [0.4, 0.5) is 11.4 Å². The summed E-state index contributed by atoms with van der Waals surface area (Å²) < 4.78 is 5.62. The number of carbonyl (C=O) groups excluding carboxylic acids is 1. The summed E-state index contributed by atoms with van der Waals surface area (Å²) in [6.07, 6.45) is 0. The van der Waals surface area contributed by atoms with Crippen molar-refractivity contribution in [1.82, 2.24) is 0 Å². The van der Waals surface area contributed by atoms with Gasteiger partial charge in [0, 0.05) is 11.6 Å². The van der Waals surface area contributed by atoms with Gasteiger partial charge in [0.15, 0.2) is 16.8 Å². The quantitative estimate of drug-likeness (QED) is 0.511. The van der Waals surface area contributed by atoms with E-state index in [2.05, 4.69) is 10.6 Å². The molecule has 3 aromatic rings. The predicted molar refractivity (Wildman–Crippen MR) is 88.4 cm³/mol. The summed E-state index contributed by atoms with van der Waals surface area (Å²) >= 11 is 0. The van der Waals surface area contributed by atoms with Gasteiger partial charge in [-0.15, -0.1) is 0 Å². The van der Waals surface area contributed by atoms with Crippen molar-refractivity contribution in [1.29, 1.82) is 0 Å². The lowest BCUT2D eigenvalue weighted by atomic mass is 10.1. The number of amides is 1. The topological polar surface area (TPSA) is 112 Å². The number of benzene rings is 2. The second kappa shape index (κ2) is 5.02. The fourth-order valence-corrected chi connectivity index (χ4v) is 2.66. The molecule has 7 nitrogen and oxygen atoms in total. The number of anilines is 2. The van der Waals surface area contributed by atoms with Gasteiger partial charge in [0.25, 0.3) is 0 Å². The number of hydrogen-bond donors (Lipinski definition) is 4. The van der Waals surface area contributed by atoms with E-state index in [4.69, 9.17) is 4.42 Å². The van der Waals surface area contributed by atoms with Crippen molar-refractivity contribution in [3.05, 3.63) is 46.6 Å². The molecule has 7 heteroatoms. The summed E-state index contributed by atoms with van der Waals surface area (Å²) in [5.41, 5.74) is 1.46. The predicted octanol–water partition coefficient (Wildman–Crippen LogP) is 2.24. The zero-order valence-corrected chi connectivity index (χ0v) is 12.3. The summed E-state index contributed by atoms with van der Waals surface area (Å²) in [5, 5.41) is 25.4. The molecule has 1 amide bonds. The Morgan fingerprint density at radius 2 is 1.83 bits per heavy atom. The number of nitrogens with one attached hydrogen (secondary N) is 2. The van der Waals surface area contributed by atoms with E-state index in [1.165, 1.54) is 18.2 Å². The second-order valence-electron chi connectivity index (χ2n) is 5.45. The zero-order valence-electron chi connectivity index (χ0n) is 12.3. The molecule has 4 rings (SSSR count). The second-order valence-corrected chi connectivity index (χ2v) is 5.45. The van der Waals surface area contributed by atoms with Crippen molar-refractivity contribution in [3.63, 3.8) is 0 Å². The van der Waals surface area contributed by atoms with Gasteiger partial charge in [-0.25, -0.2) is 0 Å². The molecule has 2 heterocycles. The van der Waals surface area contributed by atoms with Gasteiger partial charge in [0.05, 0.1) is 23.3 Å². The van der Waals surface area contributed by atoms with Crippen LogP contribution in [-0.4, -0.2) is 22.7 Å². The van der Waals surface area contributed by atoms with Crippen molar-refractivity contribution in [2.45, 2.75) is 0 Å². The smallest absolute Gasteiger partial charge is 0.243 e. The minimum atomic E-state index is -0.487. The minimum Gasteiger partial charge on any atom is -0.504 e. The normalized spacial score (nSPS) is 13.2. The van der Waals surface area contributed by atoms with Crippen LogP contribution in [0.15, 0.2) is 45.6 Å². The van der Waals surface area contributed by atoms with E-state index < -0.39 is 5.75 Å². The van der Waals surface area contributed by atoms with E-state index in [9.17, 15) is 19.8 Å². The third-order valence-electron chi connectivity index (χ3n) is 3.87. The molecule has 0 bridgehead atoms. The zero-order chi connectivity index (χ0) is 16.8. The van der Waals surface area contributed by atoms with E-state index in [1.807, 2.05) is 0 Å². The van der Waals surface area contributed by atoms with Gasteiger partial charge >= 0.3 is 0 Å². The highest BCUT2D eigenvalue weighted by molar-refractivity contribution is 6.01. The largest absolute Gasteiger partial charge is 0.504 e. The maximum absolute atomic E-state index is 12.2. The van der Waals surface area contributed by atoms with E-state index in [1.54, 1.807) is 18.2 Å². The fourth-order valence-electron chi connectivity index (χ4n) is 2.66. The Hall–Kier alpha value is -3.48. The van der Waals surface area contributed by atoms with Crippen molar-refractivity contribution in [2.75, 3.05) is 17.2 Å². The van der Waals surface area contributed by atoms with Crippen LogP contribution >= 0.6 is 0 Å². The van der Waals surface area contributed by atoms with Crippen LogP contribution in [-0.2, 0) is 4.79 Å². The van der Waals surface area contributed by atoms with Crippen LogP contribution in [0.5, 0.6) is 11.5 Å². The number of hydrogen-bond acceptors (Lipinski definition) is 6. The van der Waals surface area contributed by atoms with Crippen LogP contribution in [0.1, 0.15) is 0 Å². The molecule has 0 atom stereocenters. The van der Waals surface area contributed by atoms with Crippen molar-refractivity contribution in [2.24, 2.45) is 0 Å². The minimum absolute atomic E-state index is 0.0858. The van der Waals surface area contributed by atoms with Crippen LogP contribution in [0.2, 0.25) is 0 Å². The molecule has 0 saturated heterocycles. The van der Waals surface area contributed by atoms with Gasteiger partial charge in [0.2, 0.25) is 11.7 Å². The molecule has 24 heavy (non-hydrogen) atoms. The highest BCUT2D eigenvalue weighted by atomic mass is 16.4. The average molecular weight is 324 g/mol. The molecule has 2 aromatic carbocycles. The Morgan fingerprint density at radius 1 is 1.00 bits per heavy atom. The highest BCUT2D eigenvalue weighted by Gasteiger charge is 2.17. The molecule has 4 N–H and O–H groups in total. The number of phenolic OH excluding ortho intramolecular Hbond substituents is 2. The van der Waals surface area contributed by atoms with Crippen molar-refractivity contribution >= 4 is 28.3 Å². The van der Waals surface area contributed by atoms with Crippen LogP contribution < -0.4 is 16.1 Å². The Balaban J connectivity index is 1.91. The molecule has 1 aromatic heterocycles. The van der Waals surface area contributed by atoms with Gasteiger partial charge in [0.1, 0.15) is 5.76 Å². The molecule has 0 unspecified atom stereocenters. The molecule has 120 valence electrons. The lowest BCUT2D eigenvalue weighted by Gasteiger charge is -2.19. The molecule has 1 aliphatic rings. The summed E-state index contributed by atoms with van der Waals surface area (Å²) in [6.45, 7) is 0.199. The molecular formula is C17H12N2O5. The summed E-state index contributed by atoms with van der Waals surface area (Å²) in [4.78, 5) is 23.7. The molecule has 1 aliphatic heterocycles. The first-order chi connectivity index (χ1) is 11.5. The van der Waals surface area contributed by atoms with E-state index in [0.717, 1.165) is 5.69 Å². The first-order valence-corrected chi connectivity index (χ1v) is 7.20. The molecule has 0 fully saturated rings. The average Bonchev–Trinajstić information content (AvgIpc) is 2.57. The van der Waals surface area contributed by atoms with Gasteiger partial charge < -0.3 is 25.3 Å². The molecule has 0 aliphatic carbocycles. The standard InChI is InChI=1S/C17H12N2O5/c20-12-4-2-9-13(21)6-14(24-17(9)16(12)23)8-1-3-10-11(5-8)19-15(22)7-18-10/h1-6,18,20,23H,7H2,(H,19,22). The molecule has 0 radical (unpaired) electrons. The molecule has 0 saturated carbocycles. The lowest BCUT2D eigenvalue weighted by Crippen LogP contribution is -2.27. The first kappa shape index (κ1) is 14.1. The van der Waals surface area contributed by atoms with Gasteiger partial charge in [-0.05, 0) is 30.3 Å². The Kier molecular flexibility index (Phi) is 2.96. The maximum atomic E-state index is 12.2. The number of aromatic hydroxyl groups is 2. The monoisotopic (exact) mass is 324 g/mol. The SMILES string of the molecule is O=C1CNc2ccc(-c3cc(=O)c4ccc(O)c(O)c4o3)cc2N1. The lowest BCUT2D eigenvalue weighted by molar-refractivity contribution is -0.114. The van der Waals surface area contributed by atoms with Crippen molar-refractivity contribution in [3.8, 4) is 22.8 Å². The van der Waals surface area contributed by atoms with Gasteiger partial charge in [-0.2, -0.15) is 0 Å². The number of fused-ring (bicyclic) bond motifs is 2. The summed E-state index contributed by atoms with van der Waals surface area (Å²) in [6, 6.07) is 9.08. The van der Waals surface area contributed by atoms with Crippen LogP contribution in [0.3, 0.4) is 0 Å². The summed E-state index contributed by atoms with van der Waals surface area (Å²) in [7, 11) is 0. The number of rotatable bonds is 1. The molecule has 0 spiro atoms. The van der Waals surface area contributed by atoms with E-state index in [-0.39, 0.29) is 40.4 Å². The Labute approximate surface area is 135 Å². The van der Waals surface area contributed by atoms with Crippen LogP contribution in [0.25, 0.3) is 22.3 Å². The third kappa shape index (κ3) is 2.14. The van der Waals surface area contributed by atoms with Crippen LogP contribution in [0, 0.1) is 0 Å². The van der Waals surface area contributed by atoms with E-state index in [0.29, 0.717) is 11.3 Å².